The molecule has 5 heteroatoms. The number of aromatic nitrogens is 2. The molecule has 0 radical (unpaired) electrons. The molecule has 1 aromatic heterocycles. The Balaban J connectivity index is 1.63. The fourth-order valence-corrected chi connectivity index (χ4v) is 2.60. The van der Waals surface area contributed by atoms with E-state index in [-0.39, 0.29) is 0 Å². The summed E-state index contributed by atoms with van der Waals surface area (Å²) in [7, 11) is 0. The lowest BCUT2D eigenvalue weighted by Crippen LogP contribution is -2.30. The topological polar surface area (TPSA) is 73.1 Å². The van der Waals surface area contributed by atoms with E-state index in [1.807, 2.05) is 24.3 Å². The molecule has 3 N–H and O–H groups in total. The minimum absolute atomic E-state index is 0.366. The summed E-state index contributed by atoms with van der Waals surface area (Å²) in [6.07, 6.45) is 3.55. The van der Waals surface area contributed by atoms with Gasteiger partial charge in [0.1, 0.15) is 0 Å². The van der Waals surface area contributed by atoms with E-state index >= 15 is 0 Å². The van der Waals surface area contributed by atoms with Gasteiger partial charge in [-0.3, -0.25) is 0 Å². The predicted octanol–water partition coefficient (Wildman–Crippen LogP) is 1.98. The fraction of sp³-hybridized carbons (Fsp3) is 0.467. The summed E-state index contributed by atoms with van der Waals surface area (Å²) < 4.78 is 5.72. The Labute approximate surface area is 118 Å². The van der Waals surface area contributed by atoms with Crippen molar-refractivity contribution in [2.45, 2.75) is 19.3 Å². The average Bonchev–Trinajstić information content (AvgIpc) is 2.49. The van der Waals surface area contributed by atoms with Crippen molar-refractivity contribution < 1.29 is 4.74 Å². The van der Waals surface area contributed by atoms with Crippen LogP contribution >= 0.6 is 0 Å². The van der Waals surface area contributed by atoms with Gasteiger partial charge in [-0.2, -0.15) is 0 Å². The van der Waals surface area contributed by atoms with Gasteiger partial charge < -0.3 is 15.8 Å². The highest BCUT2D eigenvalue weighted by molar-refractivity contribution is 5.76. The van der Waals surface area contributed by atoms with Crippen LogP contribution in [-0.4, -0.2) is 29.7 Å². The zero-order valence-corrected chi connectivity index (χ0v) is 11.5. The number of nitrogens with zero attached hydrogens (tertiary/aromatic N) is 2. The number of nitrogen functional groups attached to an aromatic ring is 1. The summed E-state index contributed by atoms with van der Waals surface area (Å²) in [5.41, 5.74) is 7.51. The number of hydrogen-bond acceptors (Lipinski definition) is 5. The molecule has 1 aliphatic heterocycles. The average molecular weight is 272 g/mol. The summed E-state index contributed by atoms with van der Waals surface area (Å²) >= 11 is 0. The molecule has 1 aromatic carbocycles. The maximum Gasteiger partial charge on any atom is 0.257 e. The van der Waals surface area contributed by atoms with Crippen molar-refractivity contribution in [1.29, 1.82) is 0 Å². The number of rotatable bonds is 4. The first-order chi connectivity index (χ1) is 9.83. The maximum absolute atomic E-state index is 5.89. The second kappa shape index (κ2) is 6.05. The molecule has 1 fully saturated rings. The molecule has 0 bridgehead atoms. The quantitative estimate of drug-likeness (QED) is 0.890. The zero-order valence-electron chi connectivity index (χ0n) is 11.5. The number of fused-ring (bicyclic) bond motifs is 1. The first-order valence-electron chi connectivity index (χ1n) is 7.19. The van der Waals surface area contributed by atoms with Crippen LogP contribution in [0.25, 0.3) is 11.0 Å². The highest BCUT2D eigenvalue weighted by atomic mass is 16.5. The van der Waals surface area contributed by atoms with E-state index in [2.05, 4.69) is 15.3 Å². The Morgan fingerprint density at radius 2 is 2.05 bits per heavy atom. The molecular weight excluding hydrogens is 252 g/mol. The molecule has 1 unspecified atom stereocenters. The van der Waals surface area contributed by atoms with E-state index in [0.29, 0.717) is 24.2 Å². The molecular formula is C15H20N4O. The summed E-state index contributed by atoms with van der Waals surface area (Å²) in [6.45, 7) is 2.87. The molecule has 0 spiro atoms. The molecule has 106 valence electrons. The van der Waals surface area contributed by atoms with Gasteiger partial charge in [0, 0.05) is 0 Å². The van der Waals surface area contributed by atoms with Gasteiger partial charge in [0.25, 0.3) is 5.88 Å². The van der Waals surface area contributed by atoms with Crippen LogP contribution in [0.4, 0.5) is 5.82 Å². The largest absolute Gasteiger partial charge is 0.475 e. The molecule has 0 aliphatic carbocycles. The second-order valence-electron chi connectivity index (χ2n) is 5.25. The number of para-hydroxylation sites is 2. The van der Waals surface area contributed by atoms with Crippen molar-refractivity contribution in [1.82, 2.24) is 15.3 Å². The Morgan fingerprint density at radius 3 is 2.80 bits per heavy atom. The number of benzene rings is 1. The molecule has 0 saturated carbocycles. The van der Waals surface area contributed by atoms with Gasteiger partial charge in [0.15, 0.2) is 5.82 Å². The van der Waals surface area contributed by atoms with E-state index in [4.69, 9.17) is 10.5 Å². The SMILES string of the molecule is Nc1nc2ccccc2nc1OCCC1CCCNC1. The minimum Gasteiger partial charge on any atom is -0.475 e. The van der Waals surface area contributed by atoms with Gasteiger partial charge in [0.2, 0.25) is 0 Å². The van der Waals surface area contributed by atoms with Crippen molar-refractivity contribution >= 4 is 16.9 Å². The number of piperidine rings is 1. The van der Waals surface area contributed by atoms with Crippen LogP contribution in [0.1, 0.15) is 19.3 Å². The van der Waals surface area contributed by atoms with Gasteiger partial charge in [-0.15, -0.1) is 0 Å². The van der Waals surface area contributed by atoms with Crippen LogP contribution in [0.2, 0.25) is 0 Å². The Hall–Kier alpha value is -1.88. The van der Waals surface area contributed by atoms with Crippen LogP contribution in [0, 0.1) is 5.92 Å². The lowest BCUT2D eigenvalue weighted by atomic mass is 9.97. The van der Waals surface area contributed by atoms with E-state index in [1.165, 1.54) is 12.8 Å². The highest BCUT2D eigenvalue weighted by Crippen LogP contribution is 2.21. The van der Waals surface area contributed by atoms with Gasteiger partial charge in [-0.25, -0.2) is 9.97 Å². The van der Waals surface area contributed by atoms with Crippen molar-refractivity contribution in [3.05, 3.63) is 24.3 Å². The van der Waals surface area contributed by atoms with Crippen LogP contribution in [0.15, 0.2) is 24.3 Å². The number of anilines is 1. The first kappa shape index (κ1) is 13.1. The first-order valence-corrected chi connectivity index (χ1v) is 7.19. The minimum atomic E-state index is 0.366. The smallest absolute Gasteiger partial charge is 0.257 e. The van der Waals surface area contributed by atoms with Crippen molar-refractivity contribution in [2.24, 2.45) is 5.92 Å². The molecule has 2 aromatic rings. The monoisotopic (exact) mass is 272 g/mol. The molecule has 1 saturated heterocycles. The van der Waals surface area contributed by atoms with Crippen LogP contribution in [-0.2, 0) is 0 Å². The fourth-order valence-electron chi connectivity index (χ4n) is 2.60. The lowest BCUT2D eigenvalue weighted by Gasteiger charge is -2.22. The van der Waals surface area contributed by atoms with E-state index in [0.717, 1.165) is 30.5 Å². The molecule has 5 nitrogen and oxygen atoms in total. The Morgan fingerprint density at radius 1 is 1.25 bits per heavy atom. The lowest BCUT2D eigenvalue weighted by molar-refractivity contribution is 0.248. The maximum atomic E-state index is 5.89. The number of ether oxygens (including phenoxy) is 1. The third-order valence-electron chi connectivity index (χ3n) is 3.73. The second-order valence-corrected chi connectivity index (χ2v) is 5.25. The molecule has 0 amide bonds. The number of hydrogen-bond donors (Lipinski definition) is 2. The summed E-state index contributed by atoms with van der Waals surface area (Å²) in [4.78, 5) is 8.75. The van der Waals surface area contributed by atoms with Gasteiger partial charge in [-0.05, 0) is 50.4 Å². The normalized spacial score (nSPS) is 19.1. The molecule has 1 aliphatic rings. The van der Waals surface area contributed by atoms with E-state index in [9.17, 15) is 0 Å². The summed E-state index contributed by atoms with van der Waals surface area (Å²) in [6, 6.07) is 7.67. The standard InChI is InChI=1S/C15H20N4O/c16-14-15(19-13-6-2-1-5-12(13)18-14)20-9-7-11-4-3-8-17-10-11/h1-2,5-6,11,17H,3-4,7-10H2,(H2,16,18). The predicted molar refractivity (Wildman–Crippen MR) is 79.7 cm³/mol. The third-order valence-corrected chi connectivity index (χ3v) is 3.73. The van der Waals surface area contributed by atoms with Crippen molar-refractivity contribution in [2.75, 3.05) is 25.4 Å². The van der Waals surface area contributed by atoms with Gasteiger partial charge in [-0.1, -0.05) is 12.1 Å². The van der Waals surface area contributed by atoms with Crippen molar-refractivity contribution in [3.63, 3.8) is 0 Å². The molecule has 1 atom stereocenters. The van der Waals surface area contributed by atoms with Crippen molar-refractivity contribution in [3.8, 4) is 5.88 Å². The number of nitrogens with one attached hydrogen (secondary N) is 1. The van der Waals surface area contributed by atoms with Gasteiger partial charge in [0.05, 0.1) is 17.6 Å². The van der Waals surface area contributed by atoms with Gasteiger partial charge >= 0.3 is 0 Å². The van der Waals surface area contributed by atoms with Crippen LogP contribution in [0.5, 0.6) is 5.88 Å². The molecule has 2 heterocycles. The Bertz CT molecular complexity index is 581. The summed E-state index contributed by atoms with van der Waals surface area (Å²) in [5, 5.41) is 3.41. The highest BCUT2D eigenvalue weighted by Gasteiger charge is 2.13. The number of nitrogens with two attached hydrogens (primary N) is 1. The third kappa shape index (κ3) is 2.99. The zero-order chi connectivity index (χ0) is 13.8. The molecule has 20 heavy (non-hydrogen) atoms. The van der Waals surface area contributed by atoms with E-state index < -0.39 is 0 Å². The molecule has 3 rings (SSSR count). The van der Waals surface area contributed by atoms with Crippen LogP contribution < -0.4 is 15.8 Å². The Kier molecular flexibility index (Phi) is 3.97. The van der Waals surface area contributed by atoms with E-state index in [1.54, 1.807) is 0 Å². The van der Waals surface area contributed by atoms with Crippen LogP contribution in [0.3, 0.4) is 0 Å². The summed E-state index contributed by atoms with van der Waals surface area (Å²) in [5.74, 6) is 1.51.